The normalized spacial score (nSPS) is 15.2. The Kier molecular flexibility index (Phi) is 3.48. The number of hydrogen-bond acceptors (Lipinski definition) is 4. The highest BCUT2D eigenvalue weighted by Gasteiger charge is 2.22. The number of rotatable bonds is 1. The first-order valence-electron chi connectivity index (χ1n) is 6.37. The second-order valence-electron chi connectivity index (χ2n) is 4.76. The van der Waals surface area contributed by atoms with E-state index in [4.69, 9.17) is 16.3 Å². The topological polar surface area (TPSA) is 29.8 Å². The van der Waals surface area contributed by atoms with Crippen LogP contribution in [0.5, 0.6) is 5.75 Å². The molecule has 3 rings (SSSR count). The van der Waals surface area contributed by atoms with Crippen molar-refractivity contribution in [1.82, 2.24) is 4.57 Å². The van der Waals surface area contributed by atoms with Crippen molar-refractivity contribution in [2.75, 3.05) is 32.1 Å². The second kappa shape index (κ2) is 5.14. The number of aromatic nitrogens is 1. The lowest BCUT2D eigenvalue weighted by Gasteiger charge is -2.29. The van der Waals surface area contributed by atoms with Gasteiger partial charge >= 0.3 is 0 Å². The third kappa shape index (κ3) is 2.11. The fourth-order valence-electron chi connectivity index (χ4n) is 2.43. The summed E-state index contributed by atoms with van der Waals surface area (Å²) in [4.78, 5) is 7.41. The Morgan fingerprint density at radius 3 is 2.85 bits per heavy atom. The van der Waals surface area contributed by atoms with Crippen LogP contribution in [0.4, 0.5) is 5.69 Å². The first-order chi connectivity index (χ1) is 9.61. The van der Waals surface area contributed by atoms with Crippen LogP contribution in [0.25, 0.3) is 11.3 Å². The molecule has 2 aromatic rings. The van der Waals surface area contributed by atoms with Gasteiger partial charge in [-0.2, -0.15) is 0 Å². The Morgan fingerprint density at radius 1 is 1.35 bits per heavy atom. The standard InChI is InChI=1S/C14H16ClN3OS/c1-16-14-18(3)12(8-20-14)10-6-9(15)7-11-13(10)19-5-4-17(11)2/h6-8H,4-5H2,1-3H3. The highest BCUT2D eigenvalue weighted by atomic mass is 35.5. The summed E-state index contributed by atoms with van der Waals surface area (Å²) < 4.78 is 7.96. The summed E-state index contributed by atoms with van der Waals surface area (Å²) in [6.07, 6.45) is 0. The van der Waals surface area contributed by atoms with Gasteiger partial charge in [-0.05, 0) is 12.1 Å². The maximum absolute atomic E-state index is 6.28. The van der Waals surface area contributed by atoms with Gasteiger partial charge in [0.25, 0.3) is 0 Å². The number of anilines is 1. The zero-order valence-electron chi connectivity index (χ0n) is 11.7. The molecule has 0 fully saturated rings. The van der Waals surface area contributed by atoms with Gasteiger partial charge in [0.15, 0.2) is 10.6 Å². The van der Waals surface area contributed by atoms with Crippen LogP contribution in [-0.4, -0.2) is 31.8 Å². The number of halogens is 1. The maximum Gasteiger partial charge on any atom is 0.184 e. The van der Waals surface area contributed by atoms with Crippen LogP contribution in [0.1, 0.15) is 0 Å². The Bertz CT molecular complexity index is 720. The molecule has 1 aliphatic rings. The summed E-state index contributed by atoms with van der Waals surface area (Å²) in [6, 6.07) is 3.91. The molecule has 0 bridgehead atoms. The molecule has 0 aliphatic carbocycles. The van der Waals surface area contributed by atoms with Crippen LogP contribution in [-0.2, 0) is 7.05 Å². The molecule has 0 amide bonds. The van der Waals surface area contributed by atoms with E-state index in [1.165, 1.54) is 0 Å². The number of likely N-dealkylation sites (N-methyl/N-ethyl adjacent to an activating group) is 1. The lowest BCUT2D eigenvalue weighted by Crippen LogP contribution is -2.29. The number of nitrogens with zero attached hydrogens (tertiary/aromatic N) is 3. The van der Waals surface area contributed by atoms with Crippen molar-refractivity contribution >= 4 is 28.6 Å². The van der Waals surface area contributed by atoms with E-state index in [0.29, 0.717) is 6.61 Å². The van der Waals surface area contributed by atoms with E-state index in [1.807, 2.05) is 19.2 Å². The van der Waals surface area contributed by atoms with Crippen molar-refractivity contribution in [3.8, 4) is 17.0 Å². The molecule has 6 heteroatoms. The molecule has 0 saturated carbocycles. The molecule has 0 radical (unpaired) electrons. The SMILES string of the molecule is CN=c1scc(-c2cc(Cl)cc3c2OCCN3C)n1C. The summed E-state index contributed by atoms with van der Waals surface area (Å²) in [7, 11) is 5.86. The lowest BCUT2D eigenvalue weighted by atomic mass is 10.1. The average molecular weight is 310 g/mol. The summed E-state index contributed by atoms with van der Waals surface area (Å²) in [5, 5.41) is 2.81. The first kappa shape index (κ1) is 13.5. The van der Waals surface area contributed by atoms with Gasteiger partial charge in [-0.15, -0.1) is 11.3 Å². The van der Waals surface area contributed by atoms with Crippen LogP contribution >= 0.6 is 22.9 Å². The van der Waals surface area contributed by atoms with E-state index >= 15 is 0 Å². The predicted octanol–water partition coefficient (Wildman–Crippen LogP) is 2.77. The first-order valence-corrected chi connectivity index (χ1v) is 7.62. The molecule has 0 spiro atoms. The van der Waals surface area contributed by atoms with Gasteiger partial charge in [-0.3, -0.25) is 4.99 Å². The summed E-state index contributed by atoms with van der Waals surface area (Å²) in [6.45, 7) is 1.56. The molecule has 1 aliphatic heterocycles. The fraction of sp³-hybridized carbons (Fsp3) is 0.357. The van der Waals surface area contributed by atoms with Gasteiger partial charge in [0.05, 0.1) is 17.9 Å². The van der Waals surface area contributed by atoms with E-state index in [1.54, 1.807) is 18.4 Å². The van der Waals surface area contributed by atoms with Gasteiger partial charge in [-0.1, -0.05) is 11.6 Å². The number of ether oxygens (including phenoxy) is 1. The molecule has 4 nitrogen and oxygen atoms in total. The highest BCUT2D eigenvalue weighted by Crippen LogP contribution is 2.42. The molecule has 0 N–H and O–H groups in total. The number of fused-ring (bicyclic) bond motifs is 1. The second-order valence-corrected chi connectivity index (χ2v) is 6.03. The third-order valence-corrected chi connectivity index (χ3v) is 4.74. The van der Waals surface area contributed by atoms with E-state index in [0.717, 1.165) is 39.1 Å². The molecule has 0 saturated heterocycles. The van der Waals surface area contributed by atoms with E-state index in [2.05, 4.69) is 26.9 Å². The number of hydrogen-bond donors (Lipinski definition) is 0. The van der Waals surface area contributed by atoms with Gasteiger partial charge < -0.3 is 14.2 Å². The quantitative estimate of drug-likeness (QED) is 0.811. The molecule has 2 heterocycles. The largest absolute Gasteiger partial charge is 0.489 e. The van der Waals surface area contributed by atoms with Crippen molar-refractivity contribution in [3.63, 3.8) is 0 Å². The Hall–Kier alpha value is -1.46. The minimum absolute atomic E-state index is 0.691. The molecule has 0 unspecified atom stereocenters. The van der Waals surface area contributed by atoms with Crippen molar-refractivity contribution < 1.29 is 4.74 Å². The number of benzene rings is 1. The third-order valence-electron chi connectivity index (χ3n) is 3.51. The Balaban J connectivity index is 2.26. The van der Waals surface area contributed by atoms with Crippen molar-refractivity contribution in [2.45, 2.75) is 0 Å². The molecule has 20 heavy (non-hydrogen) atoms. The molecule has 106 valence electrons. The monoisotopic (exact) mass is 309 g/mol. The lowest BCUT2D eigenvalue weighted by molar-refractivity contribution is 0.312. The van der Waals surface area contributed by atoms with E-state index in [9.17, 15) is 0 Å². The molecular weight excluding hydrogens is 294 g/mol. The zero-order chi connectivity index (χ0) is 14.3. The van der Waals surface area contributed by atoms with Crippen LogP contribution in [0.2, 0.25) is 5.02 Å². The Labute approximate surface area is 126 Å². The summed E-state index contributed by atoms with van der Waals surface area (Å²) in [5.74, 6) is 0.902. The highest BCUT2D eigenvalue weighted by molar-refractivity contribution is 7.07. The average Bonchev–Trinajstić information content (AvgIpc) is 2.80. The molecule has 1 aromatic carbocycles. The summed E-state index contributed by atoms with van der Waals surface area (Å²) in [5.41, 5.74) is 3.14. The van der Waals surface area contributed by atoms with Crippen molar-refractivity contribution in [1.29, 1.82) is 0 Å². The van der Waals surface area contributed by atoms with Gasteiger partial charge in [0.1, 0.15) is 6.61 Å². The molecular formula is C14H16ClN3OS. The van der Waals surface area contributed by atoms with E-state index < -0.39 is 0 Å². The van der Waals surface area contributed by atoms with Crippen LogP contribution < -0.4 is 14.4 Å². The van der Waals surface area contributed by atoms with Gasteiger partial charge in [0.2, 0.25) is 0 Å². The van der Waals surface area contributed by atoms with E-state index in [-0.39, 0.29) is 0 Å². The van der Waals surface area contributed by atoms with Crippen LogP contribution in [0.15, 0.2) is 22.5 Å². The maximum atomic E-state index is 6.28. The predicted molar refractivity (Wildman–Crippen MR) is 84.0 cm³/mol. The number of thiazole rings is 1. The minimum atomic E-state index is 0.691. The van der Waals surface area contributed by atoms with Gasteiger partial charge in [0, 0.05) is 37.1 Å². The Morgan fingerprint density at radius 2 is 2.15 bits per heavy atom. The smallest absolute Gasteiger partial charge is 0.184 e. The zero-order valence-corrected chi connectivity index (χ0v) is 13.3. The van der Waals surface area contributed by atoms with Crippen LogP contribution in [0.3, 0.4) is 0 Å². The van der Waals surface area contributed by atoms with Crippen LogP contribution in [0, 0.1) is 0 Å². The molecule has 0 atom stereocenters. The van der Waals surface area contributed by atoms with Crippen molar-refractivity contribution in [3.05, 3.63) is 27.3 Å². The van der Waals surface area contributed by atoms with Crippen molar-refractivity contribution in [2.24, 2.45) is 12.0 Å². The fourth-order valence-corrected chi connectivity index (χ4v) is 3.50. The molecule has 1 aromatic heterocycles. The minimum Gasteiger partial charge on any atom is -0.489 e. The summed E-state index contributed by atoms with van der Waals surface area (Å²) >= 11 is 7.89. The van der Waals surface area contributed by atoms with Gasteiger partial charge in [-0.25, -0.2) is 0 Å².